The van der Waals surface area contributed by atoms with E-state index in [1.54, 1.807) is 31.5 Å². The molecule has 2 saturated heterocycles. The summed E-state index contributed by atoms with van der Waals surface area (Å²) in [5.74, 6) is 2.32. The van der Waals surface area contributed by atoms with Crippen molar-refractivity contribution in [2.45, 2.75) is 32.2 Å². The molecule has 2 aromatic carbocycles. The average Bonchev–Trinajstić information content (AvgIpc) is 3.42. The lowest BCUT2D eigenvalue weighted by Gasteiger charge is -2.30. The second-order valence-electron chi connectivity index (χ2n) is 11.6. The molecule has 0 radical (unpaired) electrons. The molecule has 1 unspecified atom stereocenters. The Morgan fingerprint density at radius 3 is 2.58 bits per heavy atom. The number of hydrogen-bond donors (Lipinski definition) is 2. The van der Waals surface area contributed by atoms with E-state index in [1.165, 1.54) is 12.4 Å². The van der Waals surface area contributed by atoms with E-state index in [2.05, 4.69) is 48.5 Å². The van der Waals surface area contributed by atoms with Crippen LogP contribution in [-0.2, 0) is 0 Å². The molecule has 0 spiro atoms. The molecule has 43 heavy (non-hydrogen) atoms. The number of benzene rings is 2. The van der Waals surface area contributed by atoms with Gasteiger partial charge in [-0.25, -0.2) is 19.3 Å². The number of methoxy groups -OCH3 is 1. The molecule has 2 fully saturated rings. The number of halogens is 1. The number of hydrogen-bond acceptors (Lipinski definition) is 10. The van der Waals surface area contributed by atoms with E-state index in [9.17, 15) is 5.26 Å². The lowest BCUT2D eigenvalue weighted by Crippen LogP contribution is -2.36. The van der Waals surface area contributed by atoms with Gasteiger partial charge in [0.15, 0.2) is 0 Å². The molecule has 4 aromatic rings. The number of nitrogens with zero attached hydrogens (tertiary/aromatic N) is 6. The normalized spacial score (nSPS) is 19.3. The van der Waals surface area contributed by atoms with E-state index in [1.807, 2.05) is 25.1 Å². The molecular weight excluding hydrogens is 547 g/mol. The molecule has 2 aromatic heterocycles. The molecule has 2 N–H and O–H groups in total. The minimum Gasteiger partial charge on any atom is -0.495 e. The van der Waals surface area contributed by atoms with Gasteiger partial charge >= 0.3 is 0 Å². The van der Waals surface area contributed by atoms with Crippen molar-refractivity contribution in [3.05, 3.63) is 60.8 Å². The number of pyridine rings is 1. The van der Waals surface area contributed by atoms with Crippen LogP contribution in [0.3, 0.4) is 0 Å². The van der Waals surface area contributed by atoms with Crippen molar-refractivity contribution >= 4 is 33.9 Å². The van der Waals surface area contributed by atoms with E-state index in [-0.39, 0.29) is 5.69 Å². The predicted octanol–water partition coefficient (Wildman–Crippen LogP) is 5.95. The Labute approximate surface area is 250 Å². The van der Waals surface area contributed by atoms with Crippen LogP contribution in [0.5, 0.6) is 17.2 Å². The number of nitriles is 1. The maximum absolute atomic E-state index is 15.4. The minimum atomic E-state index is -0.485. The molecule has 222 valence electrons. The van der Waals surface area contributed by atoms with Crippen LogP contribution in [-0.4, -0.2) is 66.2 Å². The van der Waals surface area contributed by atoms with Gasteiger partial charge in [-0.2, -0.15) is 5.26 Å². The fourth-order valence-corrected chi connectivity index (χ4v) is 5.65. The molecule has 0 amide bonds. The Morgan fingerprint density at radius 1 is 1.02 bits per heavy atom. The van der Waals surface area contributed by atoms with Crippen molar-refractivity contribution in [2.75, 3.05) is 55.9 Å². The smallest absolute Gasteiger partial charge is 0.150 e. The zero-order valence-corrected chi connectivity index (χ0v) is 24.6. The summed E-state index contributed by atoms with van der Waals surface area (Å²) in [6.45, 7) is 5.38. The van der Waals surface area contributed by atoms with Crippen LogP contribution in [0.4, 0.5) is 27.4 Å². The Bertz CT molecular complexity index is 1670. The lowest BCUT2D eigenvalue weighted by atomic mass is 9.92. The number of likely N-dealkylation sites (tertiary alicyclic amines) is 1. The third kappa shape index (κ3) is 6.24. The van der Waals surface area contributed by atoms with E-state index in [0.717, 1.165) is 55.8 Å². The van der Waals surface area contributed by atoms with Crippen LogP contribution >= 0.6 is 0 Å². The first-order valence-electron chi connectivity index (χ1n) is 14.5. The summed E-state index contributed by atoms with van der Waals surface area (Å²) in [6, 6.07) is 14.8. The SMILES string of the molecule is COc1cc2ncnc(Nc3ccc(Oc4ccnc(N5CCC(C)(C#N)C5)c4)cc3F)c2cc1NC1CCN(C)CC1. The fourth-order valence-electron chi connectivity index (χ4n) is 5.65. The highest BCUT2D eigenvalue weighted by atomic mass is 19.1. The molecule has 2 aliphatic heterocycles. The van der Waals surface area contributed by atoms with Crippen LogP contribution in [0.15, 0.2) is 55.0 Å². The van der Waals surface area contributed by atoms with Crippen molar-refractivity contribution in [2.24, 2.45) is 5.41 Å². The van der Waals surface area contributed by atoms with Crippen molar-refractivity contribution in [3.63, 3.8) is 0 Å². The Morgan fingerprint density at radius 2 is 1.84 bits per heavy atom. The quantitative estimate of drug-likeness (QED) is 0.258. The first-order valence-corrected chi connectivity index (χ1v) is 14.5. The topological polar surface area (TPSA) is 111 Å². The molecule has 1 atom stereocenters. The number of rotatable bonds is 8. The number of piperidine rings is 1. The van der Waals surface area contributed by atoms with Gasteiger partial charge in [0.25, 0.3) is 0 Å². The van der Waals surface area contributed by atoms with Crippen LogP contribution in [0.1, 0.15) is 26.2 Å². The van der Waals surface area contributed by atoms with Gasteiger partial charge < -0.3 is 29.9 Å². The van der Waals surface area contributed by atoms with Crippen molar-refractivity contribution in [3.8, 4) is 23.3 Å². The summed E-state index contributed by atoms with van der Waals surface area (Å²) in [5.41, 5.74) is 1.41. The molecular formula is C32H35FN8O2. The summed E-state index contributed by atoms with van der Waals surface area (Å²) >= 11 is 0. The van der Waals surface area contributed by atoms with E-state index in [0.29, 0.717) is 41.2 Å². The summed E-state index contributed by atoms with van der Waals surface area (Å²) in [6.07, 6.45) is 5.95. The van der Waals surface area contributed by atoms with Gasteiger partial charge in [-0.1, -0.05) is 0 Å². The highest BCUT2D eigenvalue weighted by Crippen LogP contribution is 2.36. The molecule has 10 nitrogen and oxygen atoms in total. The maximum Gasteiger partial charge on any atom is 0.150 e. The largest absolute Gasteiger partial charge is 0.495 e. The third-order valence-electron chi connectivity index (χ3n) is 8.25. The van der Waals surface area contributed by atoms with Gasteiger partial charge in [-0.05, 0) is 70.6 Å². The number of ether oxygens (including phenoxy) is 2. The molecule has 0 saturated carbocycles. The van der Waals surface area contributed by atoms with Gasteiger partial charge in [-0.15, -0.1) is 0 Å². The molecule has 0 bridgehead atoms. The Kier molecular flexibility index (Phi) is 7.86. The predicted molar refractivity (Wildman–Crippen MR) is 165 cm³/mol. The number of nitrogens with one attached hydrogen (secondary N) is 2. The molecule has 11 heteroatoms. The number of aromatic nitrogens is 3. The van der Waals surface area contributed by atoms with Crippen LogP contribution in [0, 0.1) is 22.6 Å². The minimum absolute atomic E-state index is 0.260. The molecule has 4 heterocycles. The second-order valence-corrected chi connectivity index (χ2v) is 11.6. The Balaban J connectivity index is 1.19. The van der Waals surface area contributed by atoms with Gasteiger partial charge in [0.1, 0.15) is 41.0 Å². The summed E-state index contributed by atoms with van der Waals surface area (Å²) in [4.78, 5) is 17.7. The van der Waals surface area contributed by atoms with Gasteiger partial charge in [0, 0.05) is 48.9 Å². The fraction of sp³-hybridized carbons (Fsp3) is 0.375. The van der Waals surface area contributed by atoms with Crippen molar-refractivity contribution < 1.29 is 13.9 Å². The maximum atomic E-state index is 15.4. The van der Waals surface area contributed by atoms with Crippen molar-refractivity contribution in [1.29, 1.82) is 5.26 Å². The standard InChI is InChI=1S/C32H35FN8O2/c1-32(18-34)9-13-41(19-32)30-15-23(6-10-35-30)43-22-4-5-26(25(33)14-22)39-31-24-16-28(38-21-7-11-40(2)12-8-21)29(42-3)17-27(24)36-20-37-31/h4-6,10,14-17,20-21,38H,7-9,11-13,19H2,1-3H3,(H,36,37,39). The second kappa shape index (κ2) is 11.9. The number of anilines is 4. The molecule has 6 rings (SSSR count). The van der Waals surface area contributed by atoms with Gasteiger partial charge in [0.2, 0.25) is 0 Å². The molecule has 2 aliphatic rings. The highest BCUT2D eigenvalue weighted by molar-refractivity contribution is 5.95. The lowest BCUT2D eigenvalue weighted by molar-refractivity contribution is 0.263. The summed E-state index contributed by atoms with van der Waals surface area (Å²) in [7, 11) is 3.78. The van der Waals surface area contributed by atoms with E-state index in [4.69, 9.17) is 9.47 Å². The zero-order chi connectivity index (χ0) is 30.0. The average molecular weight is 583 g/mol. The van der Waals surface area contributed by atoms with Crippen LogP contribution < -0.4 is 25.0 Å². The summed E-state index contributed by atoms with van der Waals surface area (Å²) < 4.78 is 27.0. The molecule has 0 aliphatic carbocycles. The number of fused-ring (bicyclic) bond motifs is 1. The zero-order valence-electron chi connectivity index (χ0n) is 24.6. The first-order chi connectivity index (χ1) is 20.8. The van der Waals surface area contributed by atoms with Crippen LogP contribution in [0.2, 0.25) is 0 Å². The Hall–Kier alpha value is -4.69. The highest BCUT2D eigenvalue weighted by Gasteiger charge is 2.34. The summed E-state index contributed by atoms with van der Waals surface area (Å²) in [5, 5.41) is 17.0. The monoisotopic (exact) mass is 582 g/mol. The van der Waals surface area contributed by atoms with E-state index < -0.39 is 11.2 Å². The van der Waals surface area contributed by atoms with Gasteiger partial charge in [0.05, 0.1) is 35.5 Å². The third-order valence-corrected chi connectivity index (χ3v) is 8.25. The van der Waals surface area contributed by atoms with E-state index >= 15 is 4.39 Å². The van der Waals surface area contributed by atoms with Gasteiger partial charge in [-0.3, -0.25) is 0 Å². The van der Waals surface area contributed by atoms with Crippen molar-refractivity contribution in [1.82, 2.24) is 19.9 Å². The van der Waals surface area contributed by atoms with Crippen LogP contribution in [0.25, 0.3) is 10.9 Å². The first kappa shape index (κ1) is 28.4.